The number of fused-ring (bicyclic) bond motifs is 3. The average Bonchev–Trinajstić information content (AvgIpc) is 3.02. The average molecular weight is 347 g/mol. The fraction of sp³-hybridized carbons (Fsp3) is 0.150. The summed E-state index contributed by atoms with van der Waals surface area (Å²) in [4.78, 5) is 16.2. The van der Waals surface area contributed by atoms with E-state index in [0.29, 0.717) is 28.6 Å². The van der Waals surface area contributed by atoms with Crippen LogP contribution in [0.2, 0.25) is 0 Å². The minimum absolute atomic E-state index is 0.0328. The van der Waals surface area contributed by atoms with E-state index in [2.05, 4.69) is 10.1 Å². The highest BCUT2D eigenvalue weighted by atomic mass is 16.5. The van der Waals surface area contributed by atoms with Crippen LogP contribution in [-0.2, 0) is 0 Å². The molecule has 0 aliphatic heterocycles. The van der Waals surface area contributed by atoms with Crippen molar-refractivity contribution in [1.82, 2.24) is 14.6 Å². The standard InChI is InChI=1S/C20H17N3O3/c1-12-10-19-21-20(15-6-4-5-7-16(15)23(19)22-12)26-17-9-8-14(13(2)24)11-18(17)25-3/h4-11H,1-3H3. The molecule has 2 aromatic heterocycles. The van der Waals surface area contributed by atoms with E-state index >= 15 is 0 Å². The second kappa shape index (κ2) is 6.15. The zero-order valence-electron chi connectivity index (χ0n) is 14.7. The molecule has 4 rings (SSSR count). The number of methoxy groups -OCH3 is 1. The summed E-state index contributed by atoms with van der Waals surface area (Å²) in [5, 5.41) is 5.32. The Morgan fingerprint density at radius 1 is 1.08 bits per heavy atom. The summed E-state index contributed by atoms with van der Waals surface area (Å²) in [7, 11) is 1.54. The SMILES string of the molecule is COc1cc(C(C)=O)ccc1Oc1nc2cc(C)nn2c2ccccc12. The molecule has 0 amide bonds. The number of ketones is 1. The first-order chi connectivity index (χ1) is 12.6. The monoisotopic (exact) mass is 347 g/mol. The minimum Gasteiger partial charge on any atom is -0.493 e. The molecule has 0 saturated carbocycles. The van der Waals surface area contributed by atoms with Crippen molar-refractivity contribution in [2.75, 3.05) is 7.11 Å². The number of Topliss-reactive ketones (excluding diaryl/α,β-unsaturated/α-hetero) is 1. The lowest BCUT2D eigenvalue weighted by Gasteiger charge is -2.12. The molecule has 0 aliphatic carbocycles. The molecule has 0 saturated heterocycles. The molecule has 6 nitrogen and oxygen atoms in total. The number of nitrogens with zero attached hydrogens (tertiary/aromatic N) is 3. The topological polar surface area (TPSA) is 65.7 Å². The van der Waals surface area contributed by atoms with Gasteiger partial charge in [0.25, 0.3) is 0 Å². The van der Waals surface area contributed by atoms with E-state index in [1.807, 2.05) is 37.3 Å². The normalized spacial score (nSPS) is 11.0. The highest BCUT2D eigenvalue weighted by molar-refractivity contribution is 5.94. The number of ether oxygens (including phenoxy) is 2. The Morgan fingerprint density at radius 3 is 2.65 bits per heavy atom. The molecule has 4 aromatic rings. The molecule has 0 bridgehead atoms. The van der Waals surface area contributed by atoms with Crippen molar-refractivity contribution in [3.8, 4) is 17.4 Å². The highest BCUT2D eigenvalue weighted by Crippen LogP contribution is 2.35. The molecule has 0 atom stereocenters. The third-order valence-electron chi connectivity index (χ3n) is 4.17. The van der Waals surface area contributed by atoms with Crippen molar-refractivity contribution < 1.29 is 14.3 Å². The van der Waals surface area contributed by atoms with E-state index in [1.165, 1.54) is 6.92 Å². The van der Waals surface area contributed by atoms with Crippen LogP contribution in [0.3, 0.4) is 0 Å². The van der Waals surface area contributed by atoms with E-state index in [9.17, 15) is 4.79 Å². The van der Waals surface area contributed by atoms with E-state index in [0.717, 1.165) is 16.6 Å². The van der Waals surface area contributed by atoms with Crippen LogP contribution in [0.4, 0.5) is 0 Å². The van der Waals surface area contributed by atoms with Crippen LogP contribution in [0.25, 0.3) is 16.6 Å². The summed E-state index contributed by atoms with van der Waals surface area (Å²) in [6.45, 7) is 3.44. The van der Waals surface area contributed by atoms with Gasteiger partial charge in [-0.1, -0.05) is 12.1 Å². The smallest absolute Gasteiger partial charge is 0.230 e. The lowest BCUT2D eigenvalue weighted by Crippen LogP contribution is -1.99. The van der Waals surface area contributed by atoms with Crippen LogP contribution < -0.4 is 9.47 Å². The Labute approximate surface area is 150 Å². The van der Waals surface area contributed by atoms with Gasteiger partial charge in [-0.15, -0.1) is 0 Å². The van der Waals surface area contributed by atoms with Crippen LogP contribution in [0.1, 0.15) is 23.0 Å². The summed E-state index contributed by atoms with van der Waals surface area (Å²) < 4.78 is 13.3. The fourth-order valence-electron chi connectivity index (χ4n) is 2.90. The zero-order valence-corrected chi connectivity index (χ0v) is 14.7. The summed E-state index contributed by atoms with van der Waals surface area (Å²) >= 11 is 0. The number of aromatic nitrogens is 3. The number of para-hydroxylation sites is 1. The van der Waals surface area contributed by atoms with Crippen molar-refractivity contribution in [2.45, 2.75) is 13.8 Å². The van der Waals surface area contributed by atoms with Crippen LogP contribution in [0.15, 0.2) is 48.5 Å². The Balaban J connectivity index is 1.88. The molecule has 0 aliphatic rings. The largest absolute Gasteiger partial charge is 0.493 e. The summed E-state index contributed by atoms with van der Waals surface area (Å²) in [5.41, 5.74) is 3.05. The third-order valence-corrected chi connectivity index (χ3v) is 4.17. The van der Waals surface area contributed by atoms with Gasteiger partial charge in [-0.05, 0) is 44.2 Å². The Bertz CT molecular complexity index is 1150. The fourth-order valence-corrected chi connectivity index (χ4v) is 2.90. The molecule has 2 aromatic carbocycles. The summed E-state index contributed by atoms with van der Waals surface area (Å²) in [5.74, 6) is 1.40. The maximum absolute atomic E-state index is 11.6. The van der Waals surface area contributed by atoms with Crippen LogP contribution in [0, 0.1) is 6.92 Å². The molecule has 0 radical (unpaired) electrons. The molecular formula is C20H17N3O3. The Hall–Kier alpha value is -3.41. The second-order valence-corrected chi connectivity index (χ2v) is 6.01. The van der Waals surface area contributed by atoms with Crippen LogP contribution >= 0.6 is 0 Å². The van der Waals surface area contributed by atoms with Crippen molar-refractivity contribution >= 4 is 22.3 Å². The number of carbonyl (C=O) groups excluding carboxylic acids is 1. The van der Waals surface area contributed by atoms with Crippen LogP contribution in [0.5, 0.6) is 17.4 Å². The number of hydrogen-bond donors (Lipinski definition) is 0. The van der Waals surface area contributed by atoms with E-state index in [4.69, 9.17) is 9.47 Å². The van der Waals surface area contributed by atoms with Gasteiger partial charge in [0.15, 0.2) is 22.9 Å². The predicted molar refractivity (Wildman–Crippen MR) is 98.3 cm³/mol. The van der Waals surface area contributed by atoms with Gasteiger partial charge in [0.05, 0.1) is 23.7 Å². The van der Waals surface area contributed by atoms with Crippen molar-refractivity contribution in [3.63, 3.8) is 0 Å². The highest BCUT2D eigenvalue weighted by Gasteiger charge is 2.15. The summed E-state index contributed by atoms with van der Waals surface area (Å²) in [6.07, 6.45) is 0. The van der Waals surface area contributed by atoms with Crippen LogP contribution in [-0.4, -0.2) is 27.5 Å². The van der Waals surface area contributed by atoms with Crippen molar-refractivity contribution in [2.24, 2.45) is 0 Å². The first-order valence-electron chi connectivity index (χ1n) is 8.19. The van der Waals surface area contributed by atoms with Gasteiger partial charge in [0.2, 0.25) is 5.88 Å². The van der Waals surface area contributed by atoms with Crippen molar-refractivity contribution in [3.05, 3.63) is 59.8 Å². The number of aryl methyl sites for hydroxylation is 1. The van der Waals surface area contributed by atoms with Gasteiger partial charge in [-0.3, -0.25) is 4.79 Å². The lowest BCUT2D eigenvalue weighted by molar-refractivity contribution is 0.101. The van der Waals surface area contributed by atoms with Gasteiger partial charge in [0, 0.05) is 11.6 Å². The molecule has 2 heterocycles. The second-order valence-electron chi connectivity index (χ2n) is 6.01. The Morgan fingerprint density at radius 2 is 1.88 bits per heavy atom. The molecule has 0 unspecified atom stereocenters. The number of hydrogen-bond acceptors (Lipinski definition) is 5. The predicted octanol–water partition coefficient (Wildman–Crippen LogP) is 4.19. The molecule has 0 N–H and O–H groups in total. The maximum Gasteiger partial charge on any atom is 0.230 e. The van der Waals surface area contributed by atoms with E-state index in [1.54, 1.807) is 29.8 Å². The van der Waals surface area contributed by atoms with E-state index < -0.39 is 0 Å². The quantitative estimate of drug-likeness (QED) is 0.518. The summed E-state index contributed by atoms with van der Waals surface area (Å²) in [6, 6.07) is 14.8. The number of rotatable bonds is 4. The third kappa shape index (κ3) is 2.65. The van der Waals surface area contributed by atoms with Gasteiger partial charge in [-0.2, -0.15) is 10.1 Å². The zero-order chi connectivity index (χ0) is 18.3. The number of carbonyl (C=O) groups is 1. The first kappa shape index (κ1) is 16.1. The molecule has 130 valence electrons. The molecule has 0 spiro atoms. The molecular weight excluding hydrogens is 330 g/mol. The van der Waals surface area contributed by atoms with Crippen molar-refractivity contribution in [1.29, 1.82) is 0 Å². The van der Waals surface area contributed by atoms with E-state index in [-0.39, 0.29) is 5.78 Å². The van der Waals surface area contributed by atoms with Gasteiger partial charge < -0.3 is 9.47 Å². The molecule has 26 heavy (non-hydrogen) atoms. The molecule has 0 fully saturated rings. The van der Waals surface area contributed by atoms with Gasteiger partial charge >= 0.3 is 0 Å². The first-order valence-corrected chi connectivity index (χ1v) is 8.19. The minimum atomic E-state index is -0.0328. The number of benzene rings is 2. The lowest BCUT2D eigenvalue weighted by atomic mass is 10.1. The van der Waals surface area contributed by atoms with Gasteiger partial charge in [-0.25, -0.2) is 4.52 Å². The Kier molecular flexibility index (Phi) is 3.80. The maximum atomic E-state index is 11.6. The molecule has 6 heteroatoms. The van der Waals surface area contributed by atoms with Gasteiger partial charge in [0.1, 0.15) is 0 Å².